The van der Waals surface area contributed by atoms with Crippen molar-refractivity contribution in [3.05, 3.63) is 5.75 Å². The number of rotatable bonds is 3. The van der Waals surface area contributed by atoms with E-state index in [0.29, 0.717) is 6.54 Å². The van der Waals surface area contributed by atoms with Gasteiger partial charge >= 0.3 is 0 Å². The van der Waals surface area contributed by atoms with Crippen LogP contribution < -0.4 is 5.73 Å². The Morgan fingerprint density at radius 1 is 1.56 bits per heavy atom. The molecule has 0 amide bonds. The van der Waals surface area contributed by atoms with Crippen molar-refractivity contribution in [3.8, 4) is 0 Å². The Hall–Kier alpha value is 0.974. The van der Waals surface area contributed by atoms with Crippen LogP contribution in [-0.4, -0.2) is 19.5 Å². The molecule has 0 aromatic rings. The van der Waals surface area contributed by atoms with Gasteiger partial charge in [-0.05, 0) is 10.1 Å². The molecule has 6 heteroatoms. The topological polar surface area (TPSA) is 84.8 Å². The second kappa shape index (κ2) is 5.74. The zero-order valence-corrected chi connectivity index (χ0v) is 8.56. The minimum Gasteiger partial charge on any atom is -0.774 e. The summed E-state index contributed by atoms with van der Waals surface area (Å²) in [5.41, 5.74) is 3.35. The second-order valence-corrected chi connectivity index (χ2v) is 2.62. The summed E-state index contributed by atoms with van der Waals surface area (Å²) >= 11 is 0. The van der Waals surface area contributed by atoms with Gasteiger partial charge in [-0.2, -0.15) is 0 Å². The maximum Gasteiger partial charge on any atom is 0.0474 e. The molecule has 1 radical (unpaired) electrons. The van der Waals surface area contributed by atoms with Crippen molar-refractivity contribution in [2.75, 3.05) is 6.54 Å². The van der Waals surface area contributed by atoms with Crippen LogP contribution in [0.4, 0.5) is 0 Å². The summed E-state index contributed by atoms with van der Waals surface area (Å²) < 4.78 is 29.3. The Bertz CT molecular complexity index is 143. The van der Waals surface area contributed by atoms with Gasteiger partial charge in [-0.25, -0.2) is 5.75 Å². The molecule has 0 unspecified atom stereocenters. The summed E-state index contributed by atoms with van der Waals surface area (Å²) in [4.78, 5) is 0. The fourth-order valence-corrected chi connectivity index (χ4v) is 0.683. The van der Waals surface area contributed by atoms with Crippen molar-refractivity contribution in [2.45, 2.75) is 6.42 Å². The van der Waals surface area contributed by atoms with Crippen LogP contribution in [0.25, 0.3) is 0 Å². The fourth-order valence-electron chi connectivity index (χ4n) is 0.228. The molecule has 0 atom stereocenters. The quantitative estimate of drug-likeness (QED) is 0.461. The Balaban J connectivity index is 0. The molecule has 0 aliphatic carbocycles. The van der Waals surface area contributed by atoms with E-state index in [2.05, 4.69) is 5.73 Å². The standard InChI is InChI=1S/C3H8NO3S.Y/c4-2-1-3-8(5,6)7;/h3H,1-2,4H2,(H,5,6,7);/q-1;. The number of hydrogen-bond acceptors (Lipinski definition) is 3. The molecule has 3 N–H and O–H groups in total. The number of quaternary nitrogens is 1. The summed E-state index contributed by atoms with van der Waals surface area (Å²) in [5.74, 6) is 0.722. The third kappa shape index (κ3) is 12.2. The molecule has 0 fully saturated rings. The van der Waals surface area contributed by atoms with Gasteiger partial charge < -0.3 is 10.3 Å². The Labute approximate surface area is 79.8 Å². The fraction of sp³-hybridized carbons (Fsp3) is 0.667. The van der Waals surface area contributed by atoms with Crippen LogP contribution in [0.3, 0.4) is 0 Å². The summed E-state index contributed by atoms with van der Waals surface area (Å²) in [5, 5.41) is 0. The minimum absolute atomic E-state index is 0. The molecule has 0 spiro atoms. The Kier molecular flexibility index (Phi) is 8.05. The third-order valence-corrected chi connectivity index (χ3v) is 1.17. The summed E-state index contributed by atoms with van der Waals surface area (Å²) in [6.45, 7) is 0.446. The summed E-state index contributed by atoms with van der Waals surface area (Å²) in [6, 6.07) is 0. The van der Waals surface area contributed by atoms with Gasteiger partial charge in [-0.15, -0.1) is 6.42 Å². The van der Waals surface area contributed by atoms with E-state index in [1.54, 1.807) is 0 Å². The van der Waals surface area contributed by atoms with Gasteiger partial charge in [-0.1, -0.05) is 0 Å². The SMILES string of the molecule is [NH3+]CC[CH-]S(=O)(=O)[O-].[Y]. The van der Waals surface area contributed by atoms with E-state index < -0.39 is 10.1 Å². The molecule has 0 rings (SSSR count). The molecule has 0 saturated carbocycles. The molecular formula is C3H8NO3SY-. The first-order valence-electron chi connectivity index (χ1n) is 2.14. The van der Waals surface area contributed by atoms with Crippen LogP contribution in [-0.2, 0) is 42.8 Å². The monoisotopic (exact) mass is 227 g/mol. The van der Waals surface area contributed by atoms with Crippen LogP contribution in [0.2, 0.25) is 0 Å². The molecule has 0 aliphatic rings. The van der Waals surface area contributed by atoms with Crippen LogP contribution >= 0.6 is 0 Å². The Morgan fingerprint density at radius 2 is 2.00 bits per heavy atom. The molecule has 0 heterocycles. The first kappa shape index (κ1) is 12.6. The largest absolute Gasteiger partial charge is 0.774 e. The predicted octanol–water partition coefficient (Wildman–Crippen LogP) is -1.68. The predicted molar refractivity (Wildman–Crippen MR) is 26.4 cm³/mol. The molecule has 0 aromatic carbocycles. The normalized spacial score (nSPS) is 10.4. The maximum atomic E-state index is 9.75. The minimum atomic E-state index is -4.10. The van der Waals surface area contributed by atoms with Crippen molar-refractivity contribution in [1.29, 1.82) is 0 Å². The maximum absolute atomic E-state index is 9.75. The van der Waals surface area contributed by atoms with Gasteiger partial charge in [0.1, 0.15) is 0 Å². The van der Waals surface area contributed by atoms with E-state index in [1.807, 2.05) is 0 Å². The first-order chi connectivity index (χ1) is 3.56. The zero-order chi connectivity index (χ0) is 6.62. The molecule has 0 aliphatic heterocycles. The molecule has 0 saturated heterocycles. The zero-order valence-electron chi connectivity index (χ0n) is 4.91. The molecule has 9 heavy (non-hydrogen) atoms. The van der Waals surface area contributed by atoms with E-state index in [4.69, 9.17) is 0 Å². The van der Waals surface area contributed by atoms with Crippen LogP contribution in [0.1, 0.15) is 6.42 Å². The average molecular weight is 227 g/mol. The molecule has 53 valence electrons. The van der Waals surface area contributed by atoms with Crippen LogP contribution in [0, 0.1) is 5.75 Å². The molecule has 0 aromatic heterocycles. The van der Waals surface area contributed by atoms with Crippen molar-refractivity contribution in [2.24, 2.45) is 0 Å². The van der Waals surface area contributed by atoms with Gasteiger partial charge in [0.05, 0.1) is 0 Å². The van der Waals surface area contributed by atoms with Crippen molar-refractivity contribution in [3.63, 3.8) is 0 Å². The van der Waals surface area contributed by atoms with Crippen molar-refractivity contribution < 1.29 is 51.4 Å². The van der Waals surface area contributed by atoms with E-state index in [9.17, 15) is 13.0 Å². The molecule has 4 nitrogen and oxygen atoms in total. The van der Waals surface area contributed by atoms with E-state index in [0.717, 1.165) is 5.75 Å². The van der Waals surface area contributed by atoms with E-state index >= 15 is 0 Å². The third-order valence-electron chi connectivity index (χ3n) is 0.526. The molecule has 0 bridgehead atoms. The smallest absolute Gasteiger partial charge is 0.0474 e. The van der Waals surface area contributed by atoms with E-state index in [-0.39, 0.29) is 39.1 Å². The van der Waals surface area contributed by atoms with Crippen LogP contribution in [0.5, 0.6) is 0 Å². The van der Waals surface area contributed by atoms with Gasteiger partial charge in [-0.3, -0.25) is 8.42 Å². The van der Waals surface area contributed by atoms with Gasteiger partial charge in [0.15, 0.2) is 0 Å². The summed E-state index contributed by atoms with van der Waals surface area (Å²) in [7, 11) is -4.10. The second-order valence-electron chi connectivity index (χ2n) is 1.30. The van der Waals surface area contributed by atoms with Gasteiger partial charge in [0.2, 0.25) is 0 Å². The molecular weight excluding hydrogens is 219 g/mol. The summed E-state index contributed by atoms with van der Waals surface area (Å²) in [6.07, 6.45) is 0.242. The average Bonchev–Trinajstić information content (AvgIpc) is 1.59. The number of hydrogen-bond donors (Lipinski definition) is 1. The van der Waals surface area contributed by atoms with Crippen LogP contribution in [0.15, 0.2) is 0 Å². The first-order valence-corrected chi connectivity index (χ1v) is 3.62. The van der Waals surface area contributed by atoms with Gasteiger partial charge in [0, 0.05) is 39.3 Å². The van der Waals surface area contributed by atoms with E-state index in [1.165, 1.54) is 0 Å². The van der Waals surface area contributed by atoms with Crippen molar-refractivity contribution >= 4 is 10.1 Å². The van der Waals surface area contributed by atoms with Gasteiger partial charge in [0.25, 0.3) is 0 Å². The van der Waals surface area contributed by atoms with Crippen molar-refractivity contribution in [1.82, 2.24) is 0 Å². The Morgan fingerprint density at radius 3 is 2.11 bits per heavy atom.